The molecule has 7 heteroatoms. The summed E-state index contributed by atoms with van der Waals surface area (Å²) in [5.41, 5.74) is 9.08. The van der Waals surface area contributed by atoms with Gasteiger partial charge in [0.25, 0.3) is 15.9 Å². The van der Waals surface area contributed by atoms with Crippen molar-refractivity contribution >= 4 is 27.8 Å². The highest BCUT2D eigenvalue weighted by Gasteiger charge is 2.28. The molecule has 6 nitrogen and oxygen atoms in total. The third-order valence-corrected chi connectivity index (χ3v) is 7.80. The molecular formula is C27H31N3O3S. The molecule has 1 N–H and O–H groups in total. The van der Waals surface area contributed by atoms with Gasteiger partial charge in [-0.25, -0.2) is 13.8 Å². The third-order valence-electron chi connectivity index (χ3n) is 6.03. The molecule has 0 saturated carbocycles. The number of hydrogen-bond acceptors (Lipinski definition) is 4. The van der Waals surface area contributed by atoms with Gasteiger partial charge in [0, 0.05) is 0 Å². The molecule has 0 heterocycles. The fourth-order valence-electron chi connectivity index (χ4n) is 3.65. The van der Waals surface area contributed by atoms with E-state index in [0.29, 0.717) is 12.1 Å². The summed E-state index contributed by atoms with van der Waals surface area (Å²) in [4.78, 5) is 13.0. The number of sulfonamides is 1. The van der Waals surface area contributed by atoms with Crippen molar-refractivity contribution in [2.24, 2.45) is 5.10 Å². The SMILES string of the molecule is CCc1ccccc1N(CC(=O)N/N=C\c1ccc(C)c(C)c1C)S(=O)(=O)c1ccc(C)cc1. The Balaban J connectivity index is 1.89. The predicted octanol–water partition coefficient (Wildman–Crippen LogP) is 4.83. The highest BCUT2D eigenvalue weighted by Crippen LogP contribution is 2.27. The fraction of sp³-hybridized carbons (Fsp3) is 0.259. The molecule has 0 unspecified atom stereocenters. The van der Waals surface area contributed by atoms with Crippen molar-refractivity contribution in [1.82, 2.24) is 5.43 Å². The Bertz CT molecular complexity index is 1310. The summed E-state index contributed by atoms with van der Waals surface area (Å²) >= 11 is 0. The van der Waals surface area contributed by atoms with Crippen molar-refractivity contribution in [2.75, 3.05) is 10.8 Å². The van der Waals surface area contributed by atoms with Gasteiger partial charge < -0.3 is 0 Å². The zero-order chi connectivity index (χ0) is 24.9. The number of carbonyl (C=O) groups is 1. The summed E-state index contributed by atoms with van der Waals surface area (Å²) in [5, 5.41) is 4.08. The monoisotopic (exact) mass is 477 g/mol. The number of benzene rings is 3. The first-order valence-corrected chi connectivity index (χ1v) is 12.6. The minimum atomic E-state index is -3.97. The number of nitrogens with one attached hydrogen (secondary N) is 1. The maximum Gasteiger partial charge on any atom is 0.264 e. The Morgan fingerprint density at radius 1 is 0.941 bits per heavy atom. The van der Waals surface area contributed by atoms with Crippen molar-refractivity contribution in [1.29, 1.82) is 0 Å². The Morgan fingerprint density at radius 3 is 2.29 bits per heavy atom. The van der Waals surface area contributed by atoms with Gasteiger partial charge in [-0.2, -0.15) is 5.10 Å². The number of hydrogen-bond donors (Lipinski definition) is 1. The molecule has 0 bridgehead atoms. The van der Waals surface area contributed by atoms with Crippen LogP contribution in [0.5, 0.6) is 0 Å². The molecule has 0 aliphatic heterocycles. The highest BCUT2D eigenvalue weighted by molar-refractivity contribution is 7.92. The number of rotatable bonds is 8. The van der Waals surface area contributed by atoms with Crippen LogP contribution in [-0.4, -0.2) is 27.1 Å². The van der Waals surface area contributed by atoms with E-state index in [1.165, 1.54) is 11.1 Å². The molecule has 1 amide bonds. The van der Waals surface area contributed by atoms with E-state index >= 15 is 0 Å². The van der Waals surface area contributed by atoms with Crippen LogP contribution in [0.15, 0.2) is 70.7 Å². The largest absolute Gasteiger partial charge is 0.271 e. The van der Waals surface area contributed by atoms with Crippen LogP contribution in [0.1, 0.15) is 40.3 Å². The second kappa shape index (κ2) is 10.7. The smallest absolute Gasteiger partial charge is 0.264 e. The summed E-state index contributed by atoms with van der Waals surface area (Å²) in [7, 11) is -3.97. The lowest BCUT2D eigenvalue weighted by Gasteiger charge is -2.25. The average Bonchev–Trinajstić information content (AvgIpc) is 2.82. The van der Waals surface area contributed by atoms with Gasteiger partial charge in [-0.1, -0.05) is 55.0 Å². The van der Waals surface area contributed by atoms with Gasteiger partial charge in [-0.3, -0.25) is 9.10 Å². The Labute approximate surface area is 202 Å². The number of hydrazone groups is 1. The zero-order valence-electron chi connectivity index (χ0n) is 20.3. The van der Waals surface area contributed by atoms with Crippen LogP contribution in [0.4, 0.5) is 5.69 Å². The average molecular weight is 478 g/mol. The quantitative estimate of drug-likeness (QED) is 0.373. The first-order valence-electron chi connectivity index (χ1n) is 11.2. The summed E-state index contributed by atoms with van der Waals surface area (Å²) in [6.07, 6.45) is 2.21. The molecule has 0 radical (unpaired) electrons. The van der Waals surface area contributed by atoms with Gasteiger partial charge in [0.15, 0.2) is 0 Å². The minimum Gasteiger partial charge on any atom is -0.271 e. The summed E-state index contributed by atoms with van der Waals surface area (Å²) < 4.78 is 28.3. The summed E-state index contributed by atoms with van der Waals surface area (Å²) in [5.74, 6) is -0.528. The fourth-order valence-corrected chi connectivity index (χ4v) is 5.11. The molecule has 0 saturated heterocycles. The van der Waals surface area contributed by atoms with E-state index in [2.05, 4.69) is 10.5 Å². The maximum absolute atomic E-state index is 13.6. The normalized spacial score (nSPS) is 11.6. The van der Waals surface area contributed by atoms with E-state index in [9.17, 15) is 13.2 Å². The third kappa shape index (κ3) is 5.54. The standard InChI is InChI=1S/C27H31N3O3S/c1-6-23-9-7-8-10-26(23)30(34(32,33)25-15-11-19(2)12-16-25)18-27(31)29-28-17-24-14-13-20(3)21(4)22(24)5/h7-17H,6,18H2,1-5H3,(H,29,31)/b28-17-. The van der Waals surface area contributed by atoms with Crippen LogP contribution < -0.4 is 9.73 Å². The van der Waals surface area contributed by atoms with Crippen LogP contribution >= 0.6 is 0 Å². The maximum atomic E-state index is 13.6. The number of amides is 1. The van der Waals surface area contributed by atoms with Gasteiger partial charge in [-0.05, 0) is 80.1 Å². The minimum absolute atomic E-state index is 0.131. The van der Waals surface area contributed by atoms with E-state index in [1.807, 2.05) is 58.9 Å². The van der Waals surface area contributed by atoms with Crippen molar-refractivity contribution in [3.05, 3.63) is 94.0 Å². The molecule has 178 valence electrons. The van der Waals surface area contributed by atoms with Crippen LogP contribution in [0.25, 0.3) is 0 Å². The van der Waals surface area contributed by atoms with Crippen LogP contribution in [0.2, 0.25) is 0 Å². The van der Waals surface area contributed by atoms with Gasteiger partial charge >= 0.3 is 0 Å². The van der Waals surface area contributed by atoms with Gasteiger partial charge in [0.05, 0.1) is 16.8 Å². The number of carbonyl (C=O) groups excluding carboxylic acids is 1. The van der Waals surface area contributed by atoms with Crippen molar-refractivity contribution in [3.63, 3.8) is 0 Å². The molecule has 0 atom stereocenters. The molecule has 0 aliphatic carbocycles. The lowest BCUT2D eigenvalue weighted by Crippen LogP contribution is -2.40. The van der Waals surface area contributed by atoms with Crippen molar-refractivity contribution < 1.29 is 13.2 Å². The Morgan fingerprint density at radius 2 is 1.62 bits per heavy atom. The predicted molar refractivity (Wildman–Crippen MR) is 138 cm³/mol. The molecule has 34 heavy (non-hydrogen) atoms. The lowest BCUT2D eigenvalue weighted by atomic mass is 10.00. The summed E-state index contributed by atoms with van der Waals surface area (Å²) in [6, 6.07) is 17.8. The molecule has 0 spiro atoms. The van der Waals surface area contributed by atoms with Crippen LogP contribution in [0, 0.1) is 27.7 Å². The second-order valence-electron chi connectivity index (χ2n) is 8.32. The highest BCUT2D eigenvalue weighted by atomic mass is 32.2. The Hall–Kier alpha value is -3.45. The second-order valence-corrected chi connectivity index (χ2v) is 10.2. The van der Waals surface area contributed by atoms with E-state index in [-0.39, 0.29) is 4.90 Å². The topological polar surface area (TPSA) is 78.8 Å². The molecular weight excluding hydrogens is 446 g/mol. The van der Waals surface area contributed by atoms with E-state index in [1.54, 1.807) is 42.6 Å². The zero-order valence-corrected chi connectivity index (χ0v) is 21.1. The van der Waals surface area contributed by atoms with Gasteiger partial charge in [0.1, 0.15) is 6.54 Å². The number of nitrogens with zero attached hydrogens (tertiary/aromatic N) is 2. The van der Waals surface area contributed by atoms with Crippen molar-refractivity contribution in [3.8, 4) is 0 Å². The molecule has 3 aromatic carbocycles. The van der Waals surface area contributed by atoms with Crippen molar-refractivity contribution in [2.45, 2.75) is 45.9 Å². The van der Waals surface area contributed by atoms with Crippen LogP contribution in [-0.2, 0) is 21.2 Å². The molecule has 0 aliphatic rings. The molecule has 0 aromatic heterocycles. The molecule has 0 fully saturated rings. The van der Waals surface area contributed by atoms with E-state index in [0.717, 1.165) is 26.6 Å². The number of aryl methyl sites for hydroxylation is 3. The number of anilines is 1. The Kier molecular flexibility index (Phi) is 7.89. The van der Waals surface area contributed by atoms with Crippen LogP contribution in [0.3, 0.4) is 0 Å². The lowest BCUT2D eigenvalue weighted by molar-refractivity contribution is -0.119. The van der Waals surface area contributed by atoms with E-state index in [4.69, 9.17) is 0 Å². The van der Waals surface area contributed by atoms with Gasteiger partial charge in [-0.15, -0.1) is 0 Å². The number of para-hydroxylation sites is 1. The molecule has 3 aromatic rings. The summed E-state index contributed by atoms with van der Waals surface area (Å²) in [6.45, 7) is 9.54. The first kappa shape index (κ1) is 25.2. The van der Waals surface area contributed by atoms with Gasteiger partial charge in [0.2, 0.25) is 0 Å². The first-order chi connectivity index (χ1) is 16.1. The van der Waals surface area contributed by atoms with E-state index < -0.39 is 22.5 Å². The molecule has 3 rings (SSSR count).